The van der Waals surface area contributed by atoms with Crippen LogP contribution in [-0.4, -0.2) is 22.3 Å². The Bertz CT molecular complexity index is 649. The number of hydrogen-bond acceptors (Lipinski definition) is 3. The number of terminal acetylenes is 1. The number of carbonyl (C=O) groups excluding carboxylic acids is 1. The summed E-state index contributed by atoms with van der Waals surface area (Å²) in [6.45, 7) is 0. The van der Waals surface area contributed by atoms with Crippen molar-refractivity contribution in [2.75, 3.05) is 0 Å². The van der Waals surface area contributed by atoms with Crippen LogP contribution < -0.4 is 0 Å². The minimum Gasteiger partial charge on any atom is -0.457 e. The number of hydrogen-bond donors (Lipinski definition) is 1. The van der Waals surface area contributed by atoms with Gasteiger partial charge in [0, 0.05) is 11.8 Å². The van der Waals surface area contributed by atoms with E-state index in [1.807, 2.05) is 12.1 Å². The Morgan fingerprint density at radius 1 is 1.58 bits per heavy atom. The molecule has 1 unspecified atom stereocenters. The SMILES string of the molecule is C#CCC(OC(=O)c1cccc2cn[nH]c12)C1CC1. The van der Waals surface area contributed by atoms with Crippen LogP contribution in [0.1, 0.15) is 29.6 Å². The van der Waals surface area contributed by atoms with Crippen molar-refractivity contribution < 1.29 is 9.53 Å². The maximum Gasteiger partial charge on any atom is 0.340 e. The lowest BCUT2D eigenvalue weighted by molar-refractivity contribution is 0.0263. The summed E-state index contributed by atoms with van der Waals surface area (Å²) in [6, 6.07) is 5.46. The summed E-state index contributed by atoms with van der Waals surface area (Å²) in [4.78, 5) is 12.2. The van der Waals surface area contributed by atoms with Crippen LogP contribution in [0.25, 0.3) is 10.9 Å². The van der Waals surface area contributed by atoms with Gasteiger partial charge in [-0.3, -0.25) is 5.10 Å². The molecule has 0 amide bonds. The lowest BCUT2D eigenvalue weighted by atomic mass is 10.1. The van der Waals surface area contributed by atoms with Crippen LogP contribution in [0.15, 0.2) is 24.4 Å². The highest BCUT2D eigenvalue weighted by Gasteiger charge is 2.34. The highest BCUT2D eigenvalue weighted by atomic mass is 16.5. The van der Waals surface area contributed by atoms with E-state index in [2.05, 4.69) is 16.1 Å². The zero-order valence-corrected chi connectivity index (χ0v) is 10.4. The van der Waals surface area contributed by atoms with Gasteiger partial charge >= 0.3 is 5.97 Å². The van der Waals surface area contributed by atoms with E-state index in [-0.39, 0.29) is 12.1 Å². The maximum atomic E-state index is 12.2. The van der Waals surface area contributed by atoms with Crippen LogP contribution in [-0.2, 0) is 4.74 Å². The molecule has 1 aliphatic carbocycles. The average molecular weight is 254 g/mol. The molecule has 0 aliphatic heterocycles. The first-order valence-corrected chi connectivity index (χ1v) is 6.36. The van der Waals surface area contributed by atoms with Gasteiger partial charge in [-0.05, 0) is 24.8 Å². The number of carbonyl (C=O) groups is 1. The molecule has 0 spiro atoms. The van der Waals surface area contributed by atoms with E-state index in [0.29, 0.717) is 23.4 Å². The molecule has 1 saturated carbocycles. The van der Waals surface area contributed by atoms with Crippen LogP contribution in [0.2, 0.25) is 0 Å². The second-order valence-electron chi connectivity index (χ2n) is 4.83. The number of aromatic amines is 1. The van der Waals surface area contributed by atoms with Gasteiger partial charge in [0.1, 0.15) is 6.10 Å². The normalized spacial score (nSPS) is 15.9. The van der Waals surface area contributed by atoms with Crippen molar-refractivity contribution >= 4 is 16.9 Å². The third-order valence-electron chi connectivity index (χ3n) is 3.42. The van der Waals surface area contributed by atoms with E-state index in [4.69, 9.17) is 11.2 Å². The number of esters is 1. The molecule has 1 N–H and O–H groups in total. The Hall–Kier alpha value is -2.28. The van der Waals surface area contributed by atoms with Crippen molar-refractivity contribution in [3.63, 3.8) is 0 Å². The predicted octanol–water partition coefficient (Wildman–Crippen LogP) is 2.52. The Balaban J connectivity index is 1.83. The fourth-order valence-corrected chi connectivity index (χ4v) is 2.23. The number of benzene rings is 1. The number of H-pyrrole nitrogens is 1. The maximum absolute atomic E-state index is 12.2. The van der Waals surface area contributed by atoms with Gasteiger partial charge in [-0.15, -0.1) is 12.3 Å². The van der Waals surface area contributed by atoms with Gasteiger partial charge in [0.2, 0.25) is 0 Å². The molecule has 3 rings (SSSR count). The fourth-order valence-electron chi connectivity index (χ4n) is 2.23. The largest absolute Gasteiger partial charge is 0.457 e. The molecule has 1 aliphatic rings. The lowest BCUT2D eigenvalue weighted by Gasteiger charge is -2.15. The Kier molecular flexibility index (Phi) is 2.96. The zero-order valence-electron chi connectivity index (χ0n) is 10.4. The number of para-hydroxylation sites is 1. The van der Waals surface area contributed by atoms with E-state index in [1.54, 1.807) is 12.3 Å². The molecule has 0 bridgehead atoms. The van der Waals surface area contributed by atoms with Crippen molar-refractivity contribution in [3.8, 4) is 12.3 Å². The van der Waals surface area contributed by atoms with Crippen LogP contribution in [0.4, 0.5) is 0 Å². The molecule has 0 saturated heterocycles. The van der Waals surface area contributed by atoms with E-state index in [9.17, 15) is 4.79 Å². The van der Waals surface area contributed by atoms with Crippen molar-refractivity contribution in [2.45, 2.75) is 25.4 Å². The van der Waals surface area contributed by atoms with E-state index >= 15 is 0 Å². The summed E-state index contributed by atoms with van der Waals surface area (Å²) < 4.78 is 5.55. The summed E-state index contributed by atoms with van der Waals surface area (Å²) in [5.74, 6) is 2.68. The van der Waals surface area contributed by atoms with Crippen molar-refractivity contribution in [2.24, 2.45) is 5.92 Å². The fraction of sp³-hybridized carbons (Fsp3) is 0.333. The zero-order chi connectivity index (χ0) is 13.2. The molecule has 4 heteroatoms. The smallest absolute Gasteiger partial charge is 0.340 e. The van der Waals surface area contributed by atoms with Gasteiger partial charge in [0.15, 0.2) is 0 Å². The number of rotatable bonds is 4. The molecule has 1 aromatic heterocycles. The lowest BCUT2D eigenvalue weighted by Crippen LogP contribution is -2.20. The molecular weight excluding hydrogens is 240 g/mol. The van der Waals surface area contributed by atoms with E-state index in [0.717, 1.165) is 18.2 Å². The van der Waals surface area contributed by atoms with Gasteiger partial charge in [-0.2, -0.15) is 5.10 Å². The van der Waals surface area contributed by atoms with Crippen molar-refractivity contribution in [1.82, 2.24) is 10.2 Å². The van der Waals surface area contributed by atoms with Gasteiger partial charge in [-0.1, -0.05) is 12.1 Å². The average Bonchev–Trinajstić information content (AvgIpc) is 3.15. The molecule has 1 fully saturated rings. The van der Waals surface area contributed by atoms with Crippen molar-refractivity contribution in [1.29, 1.82) is 0 Å². The minimum atomic E-state index is -0.331. The first-order chi connectivity index (χ1) is 9.29. The number of fused-ring (bicyclic) bond motifs is 1. The Morgan fingerprint density at radius 2 is 2.42 bits per heavy atom. The van der Waals surface area contributed by atoms with Gasteiger partial charge in [-0.25, -0.2) is 4.79 Å². The van der Waals surface area contributed by atoms with Gasteiger partial charge in [0.05, 0.1) is 17.3 Å². The predicted molar refractivity (Wildman–Crippen MR) is 71.5 cm³/mol. The summed E-state index contributed by atoms with van der Waals surface area (Å²) in [7, 11) is 0. The second-order valence-corrected chi connectivity index (χ2v) is 4.83. The number of aromatic nitrogens is 2. The quantitative estimate of drug-likeness (QED) is 0.673. The molecule has 0 radical (unpaired) electrons. The van der Waals surface area contributed by atoms with Gasteiger partial charge in [0.25, 0.3) is 0 Å². The highest BCUT2D eigenvalue weighted by molar-refractivity contribution is 6.02. The molecule has 1 aromatic carbocycles. The third kappa shape index (κ3) is 2.32. The minimum absolute atomic E-state index is 0.157. The Morgan fingerprint density at radius 3 is 3.16 bits per heavy atom. The second kappa shape index (κ2) is 4.77. The summed E-state index contributed by atoms with van der Waals surface area (Å²) in [6.07, 6.45) is 9.52. The first-order valence-electron chi connectivity index (χ1n) is 6.36. The molecular formula is C15H14N2O2. The molecule has 2 aromatic rings. The first kappa shape index (κ1) is 11.8. The monoisotopic (exact) mass is 254 g/mol. The van der Waals surface area contributed by atoms with Crippen molar-refractivity contribution in [3.05, 3.63) is 30.0 Å². The number of nitrogens with one attached hydrogen (secondary N) is 1. The number of ether oxygens (including phenoxy) is 1. The molecule has 1 heterocycles. The number of nitrogens with zero attached hydrogens (tertiary/aromatic N) is 1. The van der Waals surface area contributed by atoms with Gasteiger partial charge < -0.3 is 4.74 Å². The van der Waals surface area contributed by atoms with Crippen LogP contribution in [0.3, 0.4) is 0 Å². The summed E-state index contributed by atoms with van der Waals surface area (Å²) in [5.41, 5.74) is 1.22. The Labute approximate surface area is 111 Å². The molecule has 4 nitrogen and oxygen atoms in total. The van der Waals surface area contributed by atoms with Crippen LogP contribution in [0.5, 0.6) is 0 Å². The summed E-state index contributed by atoms with van der Waals surface area (Å²) >= 11 is 0. The molecule has 1 atom stereocenters. The summed E-state index contributed by atoms with van der Waals surface area (Å²) in [5, 5.41) is 7.67. The molecule has 96 valence electrons. The standard InChI is InChI=1S/C15H14N2O2/c1-2-4-13(10-7-8-10)19-15(18)12-6-3-5-11-9-16-17-14(11)12/h1,3,5-6,9-10,13H,4,7-8H2,(H,16,17). The third-order valence-corrected chi connectivity index (χ3v) is 3.42. The highest BCUT2D eigenvalue weighted by Crippen LogP contribution is 2.36. The topological polar surface area (TPSA) is 55.0 Å². The molecule has 19 heavy (non-hydrogen) atoms. The van der Waals surface area contributed by atoms with Crippen LogP contribution in [0, 0.1) is 18.3 Å². The van der Waals surface area contributed by atoms with E-state index < -0.39 is 0 Å². The van der Waals surface area contributed by atoms with Crippen LogP contribution >= 0.6 is 0 Å². The van der Waals surface area contributed by atoms with E-state index in [1.165, 1.54) is 0 Å².